The molecule has 0 radical (unpaired) electrons. The molecule has 0 aromatic carbocycles. The zero-order chi connectivity index (χ0) is 13.1. The molecule has 2 heterocycles. The summed E-state index contributed by atoms with van der Waals surface area (Å²) in [6, 6.07) is 3.31. The summed E-state index contributed by atoms with van der Waals surface area (Å²) in [7, 11) is 0. The molecule has 3 rings (SSSR count). The van der Waals surface area contributed by atoms with E-state index in [-0.39, 0.29) is 0 Å². The predicted octanol–water partition coefficient (Wildman–Crippen LogP) is 2.83. The fourth-order valence-electron chi connectivity index (χ4n) is 3.69. The fraction of sp³-hybridized carbons (Fsp3) is 0.800. The van der Waals surface area contributed by atoms with E-state index in [9.17, 15) is 0 Å². The Hall–Kier alpha value is -1.03. The number of nitrogen functional groups attached to an aromatic ring is 1. The first-order chi connectivity index (χ1) is 9.33. The van der Waals surface area contributed by atoms with Gasteiger partial charge in [0.05, 0.1) is 6.04 Å². The number of piperidine rings is 1. The highest BCUT2D eigenvalue weighted by molar-refractivity contribution is 5.24. The summed E-state index contributed by atoms with van der Waals surface area (Å²) in [5.41, 5.74) is 5.70. The number of rotatable bonds is 2. The van der Waals surface area contributed by atoms with Crippen LogP contribution in [-0.2, 0) is 0 Å². The maximum atomic E-state index is 5.70. The van der Waals surface area contributed by atoms with Gasteiger partial charge in [-0.15, -0.1) is 0 Å². The summed E-state index contributed by atoms with van der Waals surface area (Å²) in [4.78, 5) is 2.73. The van der Waals surface area contributed by atoms with Crippen molar-refractivity contribution in [1.82, 2.24) is 14.7 Å². The molecule has 19 heavy (non-hydrogen) atoms. The van der Waals surface area contributed by atoms with E-state index in [0.717, 1.165) is 6.04 Å². The molecule has 4 heteroatoms. The lowest BCUT2D eigenvalue weighted by Gasteiger charge is -2.37. The van der Waals surface area contributed by atoms with Gasteiger partial charge in [-0.1, -0.05) is 25.7 Å². The zero-order valence-corrected chi connectivity index (χ0v) is 11.8. The molecule has 0 amide bonds. The van der Waals surface area contributed by atoms with Gasteiger partial charge in [0.1, 0.15) is 5.82 Å². The van der Waals surface area contributed by atoms with Crippen molar-refractivity contribution in [2.75, 3.05) is 18.8 Å². The van der Waals surface area contributed by atoms with Crippen LogP contribution in [0.4, 0.5) is 5.82 Å². The van der Waals surface area contributed by atoms with Crippen LogP contribution in [0.1, 0.15) is 57.4 Å². The molecule has 2 fully saturated rings. The Labute approximate surface area is 116 Å². The van der Waals surface area contributed by atoms with E-state index < -0.39 is 0 Å². The van der Waals surface area contributed by atoms with Crippen molar-refractivity contribution in [3.05, 3.63) is 12.3 Å². The minimum absolute atomic E-state index is 0.555. The second-order valence-corrected chi connectivity index (χ2v) is 6.13. The SMILES string of the molecule is Nc1ccn(C2CCN(C3CCCCCC3)CC2)n1. The third-order valence-electron chi connectivity index (χ3n) is 4.84. The maximum Gasteiger partial charge on any atom is 0.145 e. The van der Waals surface area contributed by atoms with Crippen molar-refractivity contribution in [2.24, 2.45) is 0 Å². The van der Waals surface area contributed by atoms with Crippen LogP contribution in [0, 0.1) is 0 Å². The lowest BCUT2D eigenvalue weighted by atomic mass is 10.00. The van der Waals surface area contributed by atoms with E-state index in [1.165, 1.54) is 64.5 Å². The second-order valence-electron chi connectivity index (χ2n) is 6.13. The van der Waals surface area contributed by atoms with Crippen LogP contribution in [0.5, 0.6) is 0 Å². The monoisotopic (exact) mass is 262 g/mol. The standard InChI is InChI=1S/C15H26N4/c16-15-9-12-19(17-15)14-7-10-18(11-8-14)13-5-3-1-2-4-6-13/h9,12-14H,1-8,10-11H2,(H2,16,17). The molecule has 1 aromatic heterocycles. The van der Waals surface area contributed by atoms with Crippen molar-refractivity contribution in [3.63, 3.8) is 0 Å². The van der Waals surface area contributed by atoms with Crippen LogP contribution in [0.25, 0.3) is 0 Å². The van der Waals surface area contributed by atoms with Crippen molar-refractivity contribution in [1.29, 1.82) is 0 Å². The quantitative estimate of drug-likeness (QED) is 0.834. The second kappa shape index (κ2) is 5.95. The lowest BCUT2D eigenvalue weighted by molar-refractivity contribution is 0.120. The molecule has 0 bridgehead atoms. The van der Waals surface area contributed by atoms with E-state index >= 15 is 0 Å². The van der Waals surface area contributed by atoms with Gasteiger partial charge in [0.2, 0.25) is 0 Å². The molecule has 4 nitrogen and oxygen atoms in total. The third-order valence-corrected chi connectivity index (χ3v) is 4.84. The third kappa shape index (κ3) is 3.11. The summed E-state index contributed by atoms with van der Waals surface area (Å²) in [5.74, 6) is 0.645. The Balaban J connectivity index is 1.54. The van der Waals surface area contributed by atoms with Gasteiger partial charge in [-0.25, -0.2) is 0 Å². The van der Waals surface area contributed by atoms with Gasteiger partial charge in [0, 0.05) is 25.3 Å². The number of hydrogen-bond donors (Lipinski definition) is 1. The molecular weight excluding hydrogens is 236 g/mol. The van der Waals surface area contributed by atoms with E-state index in [0.29, 0.717) is 11.9 Å². The van der Waals surface area contributed by atoms with E-state index in [4.69, 9.17) is 5.73 Å². The highest BCUT2D eigenvalue weighted by Crippen LogP contribution is 2.28. The topological polar surface area (TPSA) is 47.1 Å². The van der Waals surface area contributed by atoms with Crippen LogP contribution < -0.4 is 5.73 Å². The Bertz CT molecular complexity index is 385. The zero-order valence-electron chi connectivity index (χ0n) is 11.8. The highest BCUT2D eigenvalue weighted by Gasteiger charge is 2.26. The fourth-order valence-corrected chi connectivity index (χ4v) is 3.69. The van der Waals surface area contributed by atoms with E-state index in [1.807, 2.05) is 12.3 Å². The van der Waals surface area contributed by atoms with Crippen LogP contribution in [0.2, 0.25) is 0 Å². The van der Waals surface area contributed by atoms with Crippen LogP contribution in [0.15, 0.2) is 12.3 Å². The summed E-state index contributed by atoms with van der Waals surface area (Å²) in [6.07, 6.45) is 13.1. The Morgan fingerprint density at radius 2 is 1.63 bits per heavy atom. The number of nitrogens with two attached hydrogens (primary N) is 1. The number of nitrogens with zero attached hydrogens (tertiary/aromatic N) is 3. The number of hydrogen-bond acceptors (Lipinski definition) is 3. The van der Waals surface area contributed by atoms with Crippen molar-refractivity contribution < 1.29 is 0 Å². The molecule has 1 saturated heterocycles. The molecule has 0 spiro atoms. The van der Waals surface area contributed by atoms with Crippen LogP contribution >= 0.6 is 0 Å². The Kier molecular flexibility index (Phi) is 4.06. The van der Waals surface area contributed by atoms with Crippen LogP contribution in [0.3, 0.4) is 0 Å². The molecule has 0 unspecified atom stereocenters. The minimum Gasteiger partial charge on any atom is -0.382 e. The van der Waals surface area contributed by atoms with E-state index in [2.05, 4.69) is 14.7 Å². The van der Waals surface area contributed by atoms with Crippen molar-refractivity contribution >= 4 is 5.82 Å². The van der Waals surface area contributed by atoms with Crippen LogP contribution in [-0.4, -0.2) is 33.8 Å². The average molecular weight is 262 g/mol. The minimum atomic E-state index is 0.555. The molecule has 1 aromatic rings. The van der Waals surface area contributed by atoms with Gasteiger partial charge >= 0.3 is 0 Å². The summed E-state index contributed by atoms with van der Waals surface area (Å²) >= 11 is 0. The summed E-state index contributed by atoms with van der Waals surface area (Å²) in [5, 5.41) is 4.36. The van der Waals surface area contributed by atoms with Gasteiger partial charge < -0.3 is 10.6 Å². The number of anilines is 1. The molecule has 2 N–H and O–H groups in total. The van der Waals surface area contributed by atoms with Gasteiger partial charge in [0.15, 0.2) is 0 Å². The first-order valence-corrected chi connectivity index (χ1v) is 7.87. The van der Waals surface area contributed by atoms with Crippen molar-refractivity contribution in [2.45, 2.75) is 63.5 Å². The molecule has 2 aliphatic rings. The molecule has 1 saturated carbocycles. The largest absolute Gasteiger partial charge is 0.382 e. The lowest BCUT2D eigenvalue weighted by Crippen LogP contribution is -2.41. The smallest absolute Gasteiger partial charge is 0.145 e. The van der Waals surface area contributed by atoms with Crippen molar-refractivity contribution in [3.8, 4) is 0 Å². The molecule has 1 aliphatic carbocycles. The Morgan fingerprint density at radius 3 is 2.21 bits per heavy atom. The van der Waals surface area contributed by atoms with Gasteiger partial charge in [0.25, 0.3) is 0 Å². The molecule has 1 aliphatic heterocycles. The number of likely N-dealkylation sites (tertiary alicyclic amines) is 1. The first-order valence-electron chi connectivity index (χ1n) is 7.87. The Morgan fingerprint density at radius 1 is 0.947 bits per heavy atom. The van der Waals surface area contributed by atoms with Gasteiger partial charge in [-0.05, 0) is 31.7 Å². The van der Waals surface area contributed by atoms with E-state index in [1.54, 1.807) is 0 Å². The molecular formula is C15H26N4. The first kappa shape index (κ1) is 13.0. The molecule has 106 valence electrons. The highest BCUT2D eigenvalue weighted by atomic mass is 15.3. The normalized spacial score (nSPS) is 24.4. The molecule has 0 atom stereocenters. The predicted molar refractivity (Wildman–Crippen MR) is 78.0 cm³/mol. The maximum absolute atomic E-state index is 5.70. The summed E-state index contributed by atoms with van der Waals surface area (Å²) in [6.45, 7) is 2.46. The number of aromatic nitrogens is 2. The average Bonchev–Trinajstić information content (AvgIpc) is 2.72. The van der Waals surface area contributed by atoms with Gasteiger partial charge in [-0.2, -0.15) is 5.10 Å². The summed E-state index contributed by atoms with van der Waals surface area (Å²) < 4.78 is 2.07. The van der Waals surface area contributed by atoms with Gasteiger partial charge in [-0.3, -0.25) is 4.68 Å².